The van der Waals surface area contributed by atoms with Gasteiger partial charge in [-0.05, 0) is 68.4 Å². The Kier molecular flexibility index (Phi) is 7.48. The summed E-state index contributed by atoms with van der Waals surface area (Å²) in [5.74, 6) is -0.465. The van der Waals surface area contributed by atoms with Gasteiger partial charge in [-0.15, -0.1) is 0 Å². The van der Waals surface area contributed by atoms with E-state index in [-0.39, 0.29) is 12.5 Å². The Morgan fingerprint density at radius 3 is 2.00 bits per heavy atom. The molecule has 0 saturated carbocycles. The number of nitrogens with zero attached hydrogens (tertiary/aromatic N) is 1. The molecular formula is C31H35NO4. The summed E-state index contributed by atoms with van der Waals surface area (Å²) in [6, 6.07) is 23.9. The first-order chi connectivity index (χ1) is 17.1. The lowest BCUT2D eigenvalue weighted by molar-refractivity contribution is -0.160. The summed E-state index contributed by atoms with van der Waals surface area (Å²) in [7, 11) is 1.61. The first kappa shape index (κ1) is 25.5. The summed E-state index contributed by atoms with van der Waals surface area (Å²) >= 11 is 0. The third-order valence-corrected chi connectivity index (χ3v) is 6.60. The van der Waals surface area contributed by atoms with E-state index in [1.54, 1.807) is 7.05 Å². The van der Waals surface area contributed by atoms with Crippen LogP contribution in [0.25, 0.3) is 11.1 Å². The van der Waals surface area contributed by atoms with Crippen LogP contribution in [0, 0.1) is 6.92 Å². The molecule has 0 bridgehead atoms. The highest BCUT2D eigenvalue weighted by Gasteiger charge is 2.34. The number of esters is 1. The molecule has 4 rings (SSSR count). The minimum atomic E-state index is -0.749. The topological polar surface area (TPSA) is 55.8 Å². The van der Waals surface area contributed by atoms with Crippen LogP contribution in [0.1, 0.15) is 55.4 Å². The van der Waals surface area contributed by atoms with E-state index in [9.17, 15) is 9.59 Å². The Labute approximate surface area is 214 Å². The summed E-state index contributed by atoms with van der Waals surface area (Å²) in [6.07, 6.45) is 0.556. The fourth-order valence-corrected chi connectivity index (χ4v) is 4.72. The smallest absolute Gasteiger partial charge is 0.410 e. The van der Waals surface area contributed by atoms with Gasteiger partial charge in [-0.3, -0.25) is 4.90 Å². The molecule has 3 aromatic carbocycles. The normalized spacial score (nSPS) is 13.5. The van der Waals surface area contributed by atoms with Crippen LogP contribution in [0.15, 0.2) is 72.8 Å². The van der Waals surface area contributed by atoms with Gasteiger partial charge in [0, 0.05) is 13.0 Å². The maximum Gasteiger partial charge on any atom is 0.410 e. The predicted octanol–water partition coefficient (Wildman–Crippen LogP) is 6.52. The Morgan fingerprint density at radius 2 is 1.44 bits per heavy atom. The lowest BCUT2D eigenvalue weighted by atomic mass is 9.98. The van der Waals surface area contributed by atoms with E-state index in [1.165, 1.54) is 21.6 Å². The van der Waals surface area contributed by atoms with Gasteiger partial charge in [0.1, 0.15) is 18.2 Å². The van der Waals surface area contributed by atoms with Gasteiger partial charge in [0.25, 0.3) is 0 Å². The number of hydrogen-bond acceptors (Lipinski definition) is 4. The van der Waals surface area contributed by atoms with Crippen molar-refractivity contribution in [1.82, 2.24) is 4.90 Å². The minimum absolute atomic E-state index is 0.0396. The Hall–Kier alpha value is -3.60. The number of hydrogen-bond donors (Lipinski definition) is 0. The molecule has 0 fully saturated rings. The fraction of sp³-hybridized carbons (Fsp3) is 0.355. The lowest BCUT2D eigenvalue weighted by Gasteiger charge is -2.30. The summed E-state index contributed by atoms with van der Waals surface area (Å²) in [6.45, 7) is 7.73. The number of amides is 1. The van der Waals surface area contributed by atoms with E-state index in [1.807, 2.05) is 64.1 Å². The SMILES string of the molecule is Cc1ccc(CCC(C(=O)OC(C)(C)C)N(C)C(=O)OCC2c3ccccc3-c3ccccc32)cc1. The zero-order valence-electron chi connectivity index (χ0n) is 21.8. The van der Waals surface area contributed by atoms with Crippen molar-refractivity contribution in [3.8, 4) is 11.1 Å². The van der Waals surface area contributed by atoms with E-state index >= 15 is 0 Å². The fourth-order valence-electron chi connectivity index (χ4n) is 4.72. The molecule has 1 unspecified atom stereocenters. The third kappa shape index (κ3) is 5.78. The van der Waals surface area contributed by atoms with Gasteiger partial charge in [-0.1, -0.05) is 78.4 Å². The van der Waals surface area contributed by atoms with Gasteiger partial charge in [-0.2, -0.15) is 0 Å². The zero-order chi connectivity index (χ0) is 25.9. The van der Waals surface area contributed by atoms with Crippen LogP contribution in [0.4, 0.5) is 4.79 Å². The molecule has 3 aromatic rings. The highest BCUT2D eigenvalue weighted by molar-refractivity contribution is 5.82. The molecule has 1 atom stereocenters. The first-order valence-electron chi connectivity index (χ1n) is 12.5. The highest BCUT2D eigenvalue weighted by atomic mass is 16.6. The van der Waals surface area contributed by atoms with Crippen molar-refractivity contribution in [2.75, 3.05) is 13.7 Å². The average molecular weight is 486 g/mol. The molecule has 0 aliphatic heterocycles. The van der Waals surface area contributed by atoms with E-state index in [0.717, 1.165) is 16.7 Å². The Morgan fingerprint density at radius 1 is 0.889 bits per heavy atom. The molecule has 1 amide bonds. The Balaban J connectivity index is 1.47. The summed E-state index contributed by atoms with van der Waals surface area (Å²) < 4.78 is 11.5. The number of fused-ring (bicyclic) bond motifs is 3. The van der Waals surface area contributed by atoms with Crippen molar-refractivity contribution in [1.29, 1.82) is 0 Å². The molecule has 188 valence electrons. The van der Waals surface area contributed by atoms with E-state index in [4.69, 9.17) is 9.47 Å². The number of rotatable bonds is 7. The van der Waals surface area contributed by atoms with Gasteiger partial charge in [-0.25, -0.2) is 9.59 Å². The standard InChI is InChI=1S/C31H35NO4/c1-21-14-16-22(17-15-21)18-19-28(29(33)36-31(2,3)4)32(5)30(34)35-20-27-25-12-8-6-10-23(25)24-11-7-9-13-26(24)27/h6-17,27-28H,18-20H2,1-5H3. The van der Waals surface area contributed by atoms with Crippen LogP contribution in [0.2, 0.25) is 0 Å². The highest BCUT2D eigenvalue weighted by Crippen LogP contribution is 2.44. The van der Waals surface area contributed by atoms with Gasteiger partial charge in [0.15, 0.2) is 0 Å². The summed E-state index contributed by atoms with van der Waals surface area (Å²) in [5, 5.41) is 0. The number of aryl methyl sites for hydroxylation is 2. The van der Waals surface area contributed by atoms with E-state index in [0.29, 0.717) is 12.8 Å². The molecule has 0 radical (unpaired) electrons. The molecular weight excluding hydrogens is 450 g/mol. The van der Waals surface area contributed by atoms with Crippen LogP contribution >= 0.6 is 0 Å². The van der Waals surface area contributed by atoms with Crippen LogP contribution in [0.3, 0.4) is 0 Å². The van der Waals surface area contributed by atoms with Crippen molar-refractivity contribution < 1.29 is 19.1 Å². The van der Waals surface area contributed by atoms with Crippen LogP contribution < -0.4 is 0 Å². The second-order valence-electron chi connectivity index (χ2n) is 10.5. The van der Waals surface area contributed by atoms with Crippen LogP contribution in [-0.2, 0) is 20.7 Å². The molecule has 5 nitrogen and oxygen atoms in total. The largest absolute Gasteiger partial charge is 0.458 e. The maximum absolute atomic E-state index is 13.2. The molecule has 0 saturated heterocycles. The molecule has 1 aliphatic carbocycles. The van der Waals surface area contributed by atoms with Gasteiger partial charge < -0.3 is 9.47 Å². The van der Waals surface area contributed by atoms with Gasteiger partial charge >= 0.3 is 12.1 Å². The average Bonchev–Trinajstić information content (AvgIpc) is 3.16. The number of carbonyl (C=O) groups excluding carboxylic acids is 2. The molecule has 5 heteroatoms. The number of benzene rings is 3. The lowest BCUT2D eigenvalue weighted by Crippen LogP contribution is -2.46. The zero-order valence-corrected chi connectivity index (χ0v) is 21.8. The Bertz CT molecular complexity index is 1180. The molecule has 0 aromatic heterocycles. The first-order valence-corrected chi connectivity index (χ1v) is 12.5. The van der Waals surface area contributed by atoms with Gasteiger partial charge in [0.05, 0.1) is 0 Å². The monoisotopic (exact) mass is 485 g/mol. The van der Waals surface area contributed by atoms with Crippen molar-refractivity contribution >= 4 is 12.1 Å². The molecule has 0 heterocycles. The molecule has 0 N–H and O–H groups in total. The maximum atomic E-state index is 13.2. The van der Waals surface area contributed by atoms with Crippen LogP contribution in [0.5, 0.6) is 0 Å². The second kappa shape index (κ2) is 10.6. The predicted molar refractivity (Wildman–Crippen MR) is 142 cm³/mol. The second-order valence-corrected chi connectivity index (χ2v) is 10.5. The summed E-state index contributed by atoms with van der Waals surface area (Å²) in [4.78, 5) is 27.7. The number of ether oxygens (including phenoxy) is 2. The van der Waals surface area contributed by atoms with Crippen molar-refractivity contribution in [2.24, 2.45) is 0 Å². The van der Waals surface area contributed by atoms with Crippen molar-refractivity contribution in [2.45, 2.75) is 58.1 Å². The van der Waals surface area contributed by atoms with Crippen LogP contribution in [-0.4, -0.2) is 42.3 Å². The van der Waals surface area contributed by atoms with Gasteiger partial charge in [0.2, 0.25) is 0 Å². The molecule has 0 spiro atoms. The minimum Gasteiger partial charge on any atom is -0.458 e. The van der Waals surface area contributed by atoms with Crippen molar-refractivity contribution in [3.05, 3.63) is 95.1 Å². The van der Waals surface area contributed by atoms with E-state index in [2.05, 4.69) is 36.4 Å². The number of carbonyl (C=O) groups is 2. The molecule has 36 heavy (non-hydrogen) atoms. The molecule has 1 aliphatic rings. The van der Waals surface area contributed by atoms with E-state index < -0.39 is 23.7 Å². The summed E-state index contributed by atoms with van der Waals surface area (Å²) in [5.41, 5.74) is 6.28. The number of likely N-dealkylation sites (N-methyl/N-ethyl adjacent to an activating group) is 1. The quantitative estimate of drug-likeness (QED) is 0.358. The van der Waals surface area contributed by atoms with Crippen molar-refractivity contribution in [3.63, 3.8) is 0 Å². The third-order valence-electron chi connectivity index (χ3n) is 6.60.